The lowest BCUT2D eigenvalue weighted by atomic mass is 10.1. The van der Waals surface area contributed by atoms with E-state index in [1.165, 1.54) is 18.2 Å². The Kier molecular flexibility index (Phi) is 3.85. The van der Waals surface area contributed by atoms with Crippen LogP contribution in [0.25, 0.3) is 0 Å². The molecular weight excluding hydrogens is 301 g/mol. The van der Waals surface area contributed by atoms with Crippen LogP contribution in [0.3, 0.4) is 0 Å². The van der Waals surface area contributed by atoms with Gasteiger partial charge in [-0.3, -0.25) is 0 Å². The zero-order valence-electron chi connectivity index (χ0n) is 11.0. The number of hydrogen-bond acceptors (Lipinski definition) is 5. The zero-order valence-corrected chi connectivity index (χ0v) is 11.0. The van der Waals surface area contributed by atoms with E-state index in [1.807, 2.05) is 0 Å². The van der Waals surface area contributed by atoms with Gasteiger partial charge in [0.05, 0.1) is 17.2 Å². The van der Waals surface area contributed by atoms with Gasteiger partial charge in [0.1, 0.15) is 11.5 Å². The molecule has 116 valence electrons. The Balaban J connectivity index is 2.49. The lowest BCUT2D eigenvalue weighted by Gasteiger charge is -2.16. The summed E-state index contributed by atoms with van der Waals surface area (Å²) in [6.07, 6.45) is -4.64. The minimum absolute atomic E-state index is 0.0176. The van der Waals surface area contributed by atoms with Crippen molar-refractivity contribution in [3.63, 3.8) is 0 Å². The summed E-state index contributed by atoms with van der Waals surface area (Å²) >= 11 is 0. The van der Waals surface area contributed by atoms with Crippen molar-refractivity contribution < 1.29 is 27.8 Å². The number of aromatic carboxylic acids is 1. The van der Waals surface area contributed by atoms with E-state index in [4.69, 9.17) is 16.2 Å². The highest BCUT2D eigenvalue weighted by Crippen LogP contribution is 2.36. The van der Waals surface area contributed by atoms with E-state index in [9.17, 15) is 23.1 Å². The summed E-state index contributed by atoms with van der Waals surface area (Å²) < 4.78 is 43.3. The lowest BCUT2D eigenvalue weighted by Crippen LogP contribution is -2.23. The molecule has 8 heteroatoms. The smallest absolute Gasteiger partial charge is 0.416 e. The predicted octanol–water partition coefficient (Wildman–Crippen LogP) is 2.03. The Morgan fingerprint density at radius 3 is 2.27 bits per heavy atom. The van der Waals surface area contributed by atoms with Gasteiger partial charge < -0.3 is 26.1 Å². The van der Waals surface area contributed by atoms with Crippen molar-refractivity contribution in [1.82, 2.24) is 0 Å². The first-order valence-corrected chi connectivity index (χ1v) is 5.94. The maximum Gasteiger partial charge on any atom is 0.416 e. The van der Waals surface area contributed by atoms with Crippen molar-refractivity contribution in [3.05, 3.63) is 47.5 Å². The van der Waals surface area contributed by atoms with E-state index in [2.05, 4.69) is 0 Å². The number of hydrogen-bond donors (Lipinski definition) is 2. The van der Waals surface area contributed by atoms with Crippen LogP contribution >= 0.6 is 0 Å². The number of rotatable bonds is 3. The predicted molar refractivity (Wildman–Crippen MR) is 71.1 cm³/mol. The molecule has 0 aromatic heterocycles. The second-order valence-corrected chi connectivity index (χ2v) is 4.40. The van der Waals surface area contributed by atoms with E-state index in [0.29, 0.717) is 17.8 Å². The van der Waals surface area contributed by atoms with Gasteiger partial charge in [-0.2, -0.15) is 13.2 Å². The molecule has 2 aromatic carbocycles. The maximum atomic E-state index is 12.7. The summed E-state index contributed by atoms with van der Waals surface area (Å²) in [4.78, 5) is 11.0. The van der Waals surface area contributed by atoms with Crippen molar-refractivity contribution in [1.29, 1.82) is 0 Å². The number of carbonyl (C=O) groups is 1. The van der Waals surface area contributed by atoms with Gasteiger partial charge in [-0.05, 0) is 36.4 Å². The van der Waals surface area contributed by atoms with Gasteiger partial charge in [0.2, 0.25) is 0 Å². The fraction of sp³-hybridized carbons (Fsp3) is 0.0714. The van der Waals surface area contributed by atoms with Gasteiger partial charge in [0, 0.05) is 11.3 Å². The Morgan fingerprint density at radius 2 is 1.73 bits per heavy atom. The van der Waals surface area contributed by atoms with Gasteiger partial charge in [-0.15, -0.1) is 0 Å². The van der Waals surface area contributed by atoms with Crippen molar-refractivity contribution >= 4 is 17.3 Å². The fourth-order valence-electron chi connectivity index (χ4n) is 1.73. The highest BCUT2D eigenvalue weighted by molar-refractivity contribution is 5.89. The molecule has 0 amide bonds. The van der Waals surface area contributed by atoms with Crippen LogP contribution in [0.2, 0.25) is 0 Å². The number of carboxylic acids is 1. The van der Waals surface area contributed by atoms with Crippen molar-refractivity contribution in [2.45, 2.75) is 6.18 Å². The summed E-state index contributed by atoms with van der Waals surface area (Å²) in [5.74, 6) is -2.21. The quantitative estimate of drug-likeness (QED) is 0.844. The number of carbonyl (C=O) groups excluding carboxylic acids is 1. The molecule has 0 aliphatic rings. The standard InChI is InChI=1S/C14H11F3N2O3/c15-14(16,17)7-1-3-9(13(20)21)12(5-7)22-11-4-2-8(18)6-10(11)19/h1-6H,18-19H2,(H,20,21)/p-1. The second kappa shape index (κ2) is 5.47. The Bertz CT molecular complexity index is 730. The van der Waals surface area contributed by atoms with Crippen LogP contribution in [0, 0.1) is 0 Å². The summed E-state index contributed by atoms with van der Waals surface area (Å²) in [6, 6.07) is 6.04. The van der Waals surface area contributed by atoms with Crippen LogP contribution < -0.4 is 21.3 Å². The molecule has 2 aromatic rings. The molecule has 2 rings (SSSR count). The maximum absolute atomic E-state index is 12.7. The van der Waals surface area contributed by atoms with Crippen molar-refractivity contribution in [2.24, 2.45) is 0 Å². The number of alkyl halides is 3. The SMILES string of the molecule is Nc1ccc(Oc2cc(C(F)(F)F)ccc2C(=O)[O-])c(N)c1. The van der Waals surface area contributed by atoms with Crippen LogP contribution in [0.15, 0.2) is 36.4 Å². The van der Waals surface area contributed by atoms with Crippen LogP contribution in [0.5, 0.6) is 11.5 Å². The van der Waals surface area contributed by atoms with E-state index in [0.717, 1.165) is 6.07 Å². The van der Waals surface area contributed by atoms with Gasteiger partial charge in [-0.25, -0.2) is 0 Å². The first-order chi connectivity index (χ1) is 10.2. The molecule has 0 fully saturated rings. The Hall–Kier alpha value is -2.90. The monoisotopic (exact) mass is 311 g/mol. The number of carboxylic acid groups (broad SMARTS) is 1. The number of nitrogen functional groups attached to an aromatic ring is 2. The fourth-order valence-corrected chi connectivity index (χ4v) is 1.73. The Morgan fingerprint density at radius 1 is 1.05 bits per heavy atom. The molecule has 22 heavy (non-hydrogen) atoms. The minimum atomic E-state index is -4.64. The molecule has 0 bridgehead atoms. The third kappa shape index (κ3) is 3.22. The van der Waals surface area contributed by atoms with E-state index in [-0.39, 0.29) is 11.4 Å². The largest absolute Gasteiger partial charge is 0.545 e. The number of anilines is 2. The van der Waals surface area contributed by atoms with Gasteiger partial charge in [-0.1, -0.05) is 0 Å². The normalized spacial score (nSPS) is 11.2. The molecule has 0 unspecified atom stereocenters. The Labute approximate surface area is 122 Å². The van der Waals surface area contributed by atoms with Gasteiger partial charge in [0.25, 0.3) is 0 Å². The molecule has 5 nitrogen and oxygen atoms in total. The first kappa shape index (κ1) is 15.5. The summed E-state index contributed by atoms with van der Waals surface area (Å²) in [5, 5.41) is 11.0. The molecule has 0 atom stereocenters. The van der Waals surface area contributed by atoms with Crippen LogP contribution in [0.4, 0.5) is 24.5 Å². The molecule has 0 saturated carbocycles. The molecule has 4 N–H and O–H groups in total. The van der Waals surface area contributed by atoms with Crippen LogP contribution in [-0.4, -0.2) is 5.97 Å². The van der Waals surface area contributed by atoms with Crippen LogP contribution in [-0.2, 0) is 6.18 Å². The molecule has 0 aliphatic carbocycles. The topological polar surface area (TPSA) is 101 Å². The van der Waals surface area contributed by atoms with E-state index < -0.39 is 29.0 Å². The molecule has 0 aliphatic heterocycles. The summed E-state index contributed by atoms with van der Waals surface area (Å²) in [6.45, 7) is 0. The average molecular weight is 311 g/mol. The highest BCUT2D eigenvalue weighted by atomic mass is 19.4. The molecule has 0 heterocycles. The van der Waals surface area contributed by atoms with E-state index in [1.54, 1.807) is 0 Å². The number of nitrogens with two attached hydrogens (primary N) is 2. The molecular formula is C14H10F3N2O3-. The third-order valence-corrected chi connectivity index (χ3v) is 2.78. The number of ether oxygens (including phenoxy) is 1. The molecule has 0 radical (unpaired) electrons. The zero-order chi connectivity index (χ0) is 16.5. The lowest BCUT2D eigenvalue weighted by molar-refractivity contribution is -0.255. The second-order valence-electron chi connectivity index (χ2n) is 4.40. The number of halogens is 3. The van der Waals surface area contributed by atoms with Gasteiger partial charge >= 0.3 is 6.18 Å². The van der Waals surface area contributed by atoms with E-state index >= 15 is 0 Å². The van der Waals surface area contributed by atoms with Crippen molar-refractivity contribution in [2.75, 3.05) is 11.5 Å². The van der Waals surface area contributed by atoms with Gasteiger partial charge in [0.15, 0.2) is 0 Å². The number of benzene rings is 2. The first-order valence-electron chi connectivity index (χ1n) is 5.94. The third-order valence-electron chi connectivity index (χ3n) is 2.78. The summed E-state index contributed by atoms with van der Waals surface area (Å²) in [7, 11) is 0. The molecule has 0 saturated heterocycles. The average Bonchev–Trinajstić information content (AvgIpc) is 2.40. The van der Waals surface area contributed by atoms with Crippen molar-refractivity contribution in [3.8, 4) is 11.5 Å². The molecule has 0 spiro atoms. The minimum Gasteiger partial charge on any atom is -0.545 e. The van der Waals surface area contributed by atoms with Crippen LogP contribution in [0.1, 0.15) is 15.9 Å². The highest BCUT2D eigenvalue weighted by Gasteiger charge is 2.31. The summed E-state index contributed by atoms with van der Waals surface area (Å²) in [5.41, 5.74) is 9.93.